The van der Waals surface area contributed by atoms with E-state index in [9.17, 15) is 18.3 Å². The second kappa shape index (κ2) is 6.43. The van der Waals surface area contributed by atoms with Crippen LogP contribution in [0, 0.1) is 5.41 Å². The van der Waals surface area contributed by atoms with Crippen molar-refractivity contribution in [3.05, 3.63) is 0 Å². The van der Waals surface area contributed by atoms with Crippen LogP contribution in [0.25, 0.3) is 0 Å². The van der Waals surface area contributed by atoms with Crippen molar-refractivity contribution in [1.82, 2.24) is 5.32 Å². The molecule has 2 rings (SSSR count). The Bertz CT molecular complexity index is 440. The second-order valence-electron chi connectivity index (χ2n) is 6.29. The average molecular weight is 303 g/mol. The lowest BCUT2D eigenvalue weighted by Crippen LogP contribution is -2.48. The number of rotatable bonds is 4. The van der Waals surface area contributed by atoms with E-state index in [1.165, 1.54) is 6.42 Å². The van der Waals surface area contributed by atoms with Gasteiger partial charge in [0.2, 0.25) is 5.91 Å². The molecule has 1 amide bonds. The van der Waals surface area contributed by atoms with Crippen LogP contribution in [0.2, 0.25) is 0 Å². The van der Waals surface area contributed by atoms with Gasteiger partial charge in [0, 0.05) is 12.0 Å². The van der Waals surface area contributed by atoms with Crippen molar-refractivity contribution in [2.45, 2.75) is 56.6 Å². The van der Waals surface area contributed by atoms with Gasteiger partial charge in [0.15, 0.2) is 9.84 Å². The molecule has 0 aromatic heterocycles. The summed E-state index contributed by atoms with van der Waals surface area (Å²) in [7, 11) is -3.28. The maximum atomic E-state index is 12.1. The number of sulfone groups is 1. The van der Waals surface area contributed by atoms with Crippen LogP contribution >= 0.6 is 0 Å². The van der Waals surface area contributed by atoms with Crippen molar-refractivity contribution in [2.75, 3.05) is 18.9 Å². The van der Waals surface area contributed by atoms with E-state index in [0.29, 0.717) is 19.4 Å². The van der Waals surface area contributed by atoms with Crippen LogP contribution in [-0.4, -0.2) is 43.6 Å². The smallest absolute Gasteiger partial charge is 0.238 e. The van der Waals surface area contributed by atoms with E-state index in [0.717, 1.165) is 32.1 Å². The number of carbonyl (C=O) groups excluding carboxylic acids is 1. The van der Waals surface area contributed by atoms with E-state index < -0.39 is 15.1 Å². The molecule has 1 atom stereocenters. The van der Waals surface area contributed by atoms with Gasteiger partial charge in [-0.1, -0.05) is 25.7 Å². The Morgan fingerprint density at radius 3 is 2.45 bits per heavy atom. The van der Waals surface area contributed by atoms with Crippen LogP contribution < -0.4 is 5.32 Å². The maximum absolute atomic E-state index is 12.1. The first-order chi connectivity index (χ1) is 9.49. The predicted molar refractivity (Wildman–Crippen MR) is 77.0 cm³/mol. The van der Waals surface area contributed by atoms with Crippen LogP contribution in [0.1, 0.15) is 51.4 Å². The minimum atomic E-state index is -3.28. The molecule has 6 heteroatoms. The van der Waals surface area contributed by atoms with Gasteiger partial charge in [0.1, 0.15) is 5.25 Å². The highest BCUT2D eigenvalue weighted by atomic mass is 32.2. The average Bonchev–Trinajstić information content (AvgIpc) is 2.45. The largest absolute Gasteiger partial charge is 0.396 e. The number of aliphatic hydroxyl groups excluding tert-OH is 1. The van der Waals surface area contributed by atoms with Crippen LogP contribution in [0.4, 0.5) is 0 Å². The first kappa shape index (κ1) is 15.8. The molecule has 0 bridgehead atoms. The SMILES string of the molecule is O=C(NCC1(CO)CCCCC1)C1CCCCS1(=O)=O. The number of aliphatic hydroxyl groups is 1. The quantitative estimate of drug-likeness (QED) is 0.812. The van der Waals surface area contributed by atoms with E-state index >= 15 is 0 Å². The van der Waals surface area contributed by atoms with E-state index in [4.69, 9.17) is 0 Å². The Balaban J connectivity index is 1.94. The predicted octanol–water partition coefficient (Wildman–Crippen LogP) is 1.01. The van der Waals surface area contributed by atoms with E-state index in [1.54, 1.807) is 0 Å². The Labute approximate surface area is 121 Å². The Morgan fingerprint density at radius 1 is 1.15 bits per heavy atom. The van der Waals surface area contributed by atoms with E-state index in [2.05, 4.69) is 5.32 Å². The van der Waals surface area contributed by atoms with Gasteiger partial charge in [-0.15, -0.1) is 0 Å². The van der Waals surface area contributed by atoms with Crippen LogP contribution in [0.5, 0.6) is 0 Å². The summed E-state index contributed by atoms with van der Waals surface area (Å²) in [6, 6.07) is 0. The maximum Gasteiger partial charge on any atom is 0.238 e. The molecule has 2 fully saturated rings. The fourth-order valence-corrected chi connectivity index (χ4v) is 5.16. The molecule has 20 heavy (non-hydrogen) atoms. The topological polar surface area (TPSA) is 83.5 Å². The molecular weight excluding hydrogens is 278 g/mol. The molecule has 1 aliphatic carbocycles. The van der Waals surface area contributed by atoms with Crippen molar-refractivity contribution in [1.29, 1.82) is 0 Å². The summed E-state index contributed by atoms with van der Waals surface area (Å²) < 4.78 is 23.8. The number of hydrogen-bond acceptors (Lipinski definition) is 4. The minimum absolute atomic E-state index is 0.0602. The van der Waals surface area contributed by atoms with Crippen molar-refractivity contribution in [3.63, 3.8) is 0 Å². The van der Waals surface area contributed by atoms with Gasteiger partial charge in [0.25, 0.3) is 0 Å². The number of carbonyl (C=O) groups is 1. The Kier molecular flexibility index (Phi) is 5.07. The molecule has 5 nitrogen and oxygen atoms in total. The zero-order chi connectivity index (χ0) is 14.6. The minimum Gasteiger partial charge on any atom is -0.396 e. The van der Waals surface area contributed by atoms with Crippen molar-refractivity contribution >= 4 is 15.7 Å². The lowest BCUT2D eigenvalue weighted by Gasteiger charge is -2.36. The third-order valence-corrected chi connectivity index (χ3v) is 6.93. The van der Waals surface area contributed by atoms with Gasteiger partial charge < -0.3 is 10.4 Å². The summed E-state index contributed by atoms with van der Waals surface area (Å²) in [5.74, 6) is -0.251. The summed E-state index contributed by atoms with van der Waals surface area (Å²) in [6.45, 7) is 0.457. The van der Waals surface area contributed by atoms with Crippen LogP contribution in [-0.2, 0) is 14.6 Å². The summed E-state index contributed by atoms with van der Waals surface area (Å²) in [5.41, 5.74) is -0.244. The van der Waals surface area contributed by atoms with Gasteiger partial charge in [-0.3, -0.25) is 4.79 Å². The normalized spacial score (nSPS) is 28.8. The van der Waals surface area contributed by atoms with Gasteiger partial charge in [0.05, 0.1) is 12.4 Å². The molecule has 1 heterocycles. The van der Waals surface area contributed by atoms with Crippen molar-refractivity contribution < 1.29 is 18.3 Å². The highest BCUT2D eigenvalue weighted by Gasteiger charge is 2.37. The standard InChI is InChI=1S/C14H25NO4S/c16-11-14(7-3-1-4-8-14)10-15-13(17)12-6-2-5-9-20(12,18)19/h12,16H,1-11H2,(H,15,17). The monoisotopic (exact) mass is 303 g/mol. The van der Waals surface area contributed by atoms with Gasteiger partial charge in [-0.25, -0.2) is 8.42 Å². The third kappa shape index (κ3) is 3.52. The Hall–Kier alpha value is -0.620. The first-order valence-corrected chi connectivity index (χ1v) is 9.31. The number of hydrogen-bond donors (Lipinski definition) is 2. The third-order valence-electron chi connectivity index (χ3n) is 4.76. The molecule has 1 saturated carbocycles. The van der Waals surface area contributed by atoms with Crippen molar-refractivity contribution in [2.24, 2.45) is 5.41 Å². The molecule has 0 aromatic carbocycles. The summed E-state index contributed by atoms with van der Waals surface area (Å²) in [5, 5.41) is 11.5. The Morgan fingerprint density at radius 2 is 1.85 bits per heavy atom. The van der Waals surface area contributed by atoms with Gasteiger partial charge in [-0.2, -0.15) is 0 Å². The molecule has 2 aliphatic rings. The molecule has 0 spiro atoms. The zero-order valence-corrected chi connectivity index (χ0v) is 12.8. The molecule has 116 valence electrons. The molecule has 1 aliphatic heterocycles. The molecule has 2 N–H and O–H groups in total. The fraction of sp³-hybridized carbons (Fsp3) is 0.929. The number of nitrogens with one attached hydrogen (secondary N) is 1. The lowest BCUT2D eigenvalue weighted by molar-refractivity contribution is -0.121. The van der Waals surface area contributed by atoms with Crippen LogP contribution in [0.3, 0.4) is 0 Å². The summed E-state index contributed by atoms with van der Waals surface area (Å²) in [6.07, 6.45) is 7.00. The first-order valence-electron chi connectivity index (χ1n) is 7.59. The molecule has 1 unspecified atom stereocenters. The zero-order valence-electron chi connectivity index (χ0n) is 11.9. The molecule has 0 radical (unpaired) electrons. The number of amides is 1. The molecule has 1 saturated heterocycles. The second-order valence-corrected chi connectivity index (χ2v) is 8.59. The van der Waals surface area contributed by atoms with Crippen LogP contribution in [0.15, 0.2) is 0 Å². The fourth-order valence-electron chi connectivity index (χ4n) is 3.33. The molecule has 0 aromatic rings. The lowest BCUT2D eigenvalue weighted by atomic mass is 9.74. The van der Waals surface area contributed by atoms with Gasteiger partial charge >= 0.3 is 0 Å². The summed E-state index contributed by atoms with van der Waals surface area (Å²) in [4.78, 5) is 12.1. The summed E-state index contributed by atoms with van der Waals surface area (Å²) >= 11 is 0. The molecular formula is C14H25NO4S. The van der Waals surface area contributed by atoms with E-state index in [1.807, 2.05) is 0 Å². The van der Waals surface area contributed by atoms with Crippen molar-refractivity contribution in [3.8, 4) is 0 Å². The highest BCUT2D eigenvalue weighted by molar-refractivity contribution is 7.92. The van der Waals surface area contributed by atoms with E-state index in [-0.39, 0.29) is 23.7 Å². The highest BCUT2D eigenvalue weighted by Crippen LogP contribution is 2.35. The van der Waals surface area contributed by atoms with Gasteiger partial charge in [-0.05, 0) is 25.7 Å².